The van der Waals surface area contributed by atoms with Gasteiger partial charge in [0.1, 0.15) is 0 Å². The molecule has 0 N–H and O–H groups in total. The van der Waals surface area contributed by atoms with Crippen LogP contribution in [0.2, 0.25) is 0 Å². The molecular formula is C29H41BN2O. The fraction of sp³-hybridized carbons (Fsp3) is 0.552. The molecule has 1 aromatic carbocycles. The number of rotatable bonds is 7. The van der Waals surface area contributed by atoms with Gasteiger partial charge in [-0.3, -0.25) is 0 Å². The van der Waals surface area contributed by atoms with Crippen molar-refractivity contribution in [2.45, 2.75) is 73.8 Å². The Morgan fingerprint density at radius 1 is 1.09 bits per heavy atom. The molecule has 1 saturated heterocycles. The van der Waals surface area contributed by atoms with Crippen LogP contribution in [0.25, 0.3) is 22.2 Å². The third kappa shape index (κ3) is 4.78. The van der Waals surface area contributed by atoms with Gasteiger partial charge in [-0.25, -0.2) is 0 Å². The molecular weight excluding hydrogens is 403 g/mol. The first kappa shape index (κ1) is 24.1. The fourth-order valence-corrected chi connectivity index (χ4v) is 5.23. The van der Waals surface area contributed by atoms with Crippen molar-refractivity contribution in [3.05, 3.63) is 46.8 Å². The Morgan fingerprint density at radius 2 is 1.82 bits per heavy atom. The summed E-state index contributed by atoms with van der Waals surface area (Å²) >= 11 is 0. The molecule has 0 spiro atoms. The average molecular weight is 444 g/mol. The van der Waals surface area contributed by atoms with Crippen LogP contribution in [0.5, 0.6) is 0 Å². The molecule has 0 amide bonds. The van der Waals surface area contributed by atoms with Gasteiger partial charge in [-0.05, 0) is 0 Å². The summed E-state index contributed by atoms with van der Waals surface area (Å²) in [5, 5.41) is 1.42. The summed E-state index contributed by atoms with van der Waals surface area (Å²) in [7, 11) is 0. The first-order valence-corrected chi connectivity index (χ1v) is 12.8. The molecule has 1 aliphatic rings. The number of nitrogens with zero attached hydrogens (tertiary/aromatic N) is 2. The van der Waals surface area contributed by atoms with Gasteiger partial charge in [-0.15, -0.1) is 0 Å². The fourth-order valence-electron chi connectivity index (χ4n) is 5.23. The number of anilines is 1. The molecule has 0 unspecified atom stereocenters. The second kappa shape index (κ2) is 9.66. The monoisotopic (exact) mass is 444 g/mol. The topological polar surface area (TPSA) is 17.4 Å². The summed E-state index contributed by atoms with van der Waals surface area (Å²) in [4.78, 5) is 2.48. The number of ether oxygens (including phenoxy) is 1. The van der Waals surface area contributed by atoms with Gasteiger partial charge >= 0.3 is 201 Å². The van der Waals surface area contributed by atoms with E-state index in [1.807, 2.05) is 0 Å². The van der Waals surface area contributed by atoms with Crippen molar-refractivity contribution < 1.29 is 4.74 Å². The van der Waals surface area contributed by atoms with Gasteiger partial charge in [0.15, 0.2) is 0 Å². The van der Waals surface area contributed by atoms with Gasteiger partial charge in [0.05, 0.1) is 0 Å². The van der Waals surface area contributed by atoms with Crippen LogP contribution in [0.1, 0.15) is 70.5 Å². The molecule has 1 aliphatic heterocycles. The van der Waals surface area contributed by atoms with Crippen molar-refractivity contribution in [3.8, 4) is 11.3 Å². The van der Waals surface area contributed by atoms with Gasteiger partial charge in [-0.1, -0.05) is 0 Å². The molecule has 3 nitrogen and oxygen atoms in total. The standard InChI is InChI=1S/C29H41BN2O/c1-8-29(6,7)18-25-23-17-22(31-12-14-33-15-13-31)10-11-26(23)32(9-2)28(25)24-16-21(5)19-30-27(24)20(3)4/h10-11,16-17,19-20H,8-9,12-15,18H2,1-7H3. The Morgan fingerprint density at radius 3 is 2.45 bits per heavy atom. The normalized spacial score (nSPS) is 15.0. The molecule has 0 saturated carbocycles. The number of hydrogen-bond donors (Lipinski definition) is 0. The minimum atomic E-state index is 0.248. The molecule has 0 radical (unpaired) electrons. The molecule has 4 rings (SSSR count). The first-order valence-electron chi connectivity index (χ1n) is 12.8. The van der Waals surface area contributed by atoms with E-state index in [9.17, 15) is 0 Å². The number of aromatic nitrogens is 1. The molecule has 0 aliphatic carbocycles. The summed E-state index contributed by atoms with van der Waals surface area (Å²) in [5.41, 5.74) is 10.1. The molecule has 0 atom stereocenters. The van der Waals surface area contributed by atoms with E-state index in [1.54, 1.807) is 0 Å². The molecule has 4 heteroatoms. The van der Waals surface area contributed by atoms with Crippen LogP contribution >= 0.6 is 0 Å². The van der Waals surface area contributed by atoms with Gasteiger partial charge in [0, 0.05) is 0 Å². The summed E-state index contributed by atoms with van der Waals surface area (Å²) < 4.78 is 8.18. The molecule has 2 aromatic heterocycles. The van der Waals surface area contributed by atoms with Crippen LogP contribution in [-0.2, 0) is 17.7 Å². The van der Waals surface area contributed by atoms with E-state index in [-0.39, 0.29) is 5.41 Å². The predicted molar refractivity (Wildman–Crippen MR) is 144 cm³/mol. The zero-order valence-corrected chi connectivity index (χ0v) is 21.8. The van der Waals surface area contributed by atoms with E-state index < -0.39 is 0 Å². The predicted octanol–water partition coefficient (Wildman–Crippen LogP) is 6.91. The van der Waals surface area contributed by atoms with E-state index >= 15 is 0 Å². The van der Waals surface area contributed by atoms with Crippen LogP contribution in [0.15, 0.2) is 30.2 Å². The average Bonchev–Trinajstić information content (AvgIpc) is 3.11. The van der Waals surface area contributed by atoms with Crippen LogP contribution < -0.4 is 4.90 Å². The summed E-state index contributed by atoms with van der Waals surface area (Å²) in [6.07, 6.45) is 2.25. The Hall–Kier alpha value is -2.07. The third-order valence-electron chi connectivity index (χ3n) is 7.54. The van der Waals surface area contributed by atoms with Crippen molar-refractivity contribution in [2.75, 3.05) is 31.2 Å². The van der Waals surface area contributed by atoms with E-state index in [4.69, 9.17) is 4.74 Å². The molecule has 1 fully saturated rings. The molecule has 33 heavy (non-hydrogen) atoms. The molecule has 0 bridgehead atoms. The van der Waals surface area contributed by atoms with E-state index in [0.717, 1.165) is 39.3 Å². The van der Waals surface area contributed by atoms with Crippen LogP contribution in [-0.4, -0.2) is 37.8 Å². The van der Waals surface area contributed by atoms with Crippen molar-refractivity contribution in [1.29, 1.82) is 0 Å². The van der Waals surface area contributed by atoms with E-state index in [1.165, 1.54) is 50.9 Å². The number of fused-ring (bicyclic) bond motifs is 1. The maximum absolute atomic E-state index is 5.61. The van der Waals surface area contributed by atoms with Gasteiger partial charge in [0.2, 0.25) is 0 Å². The van der Waals surface area contributed by atoms with Crippen molar-refractivity contribution in [3.63, 3.8) is 0 Å². The van der Waals surface area contributed by atoms with Gasteiger partial charge < -0.3 is 0 Å². The van der Waals surface area contributed by atoms with Crippen molar-refractivity contribution in [1.82, 2.24) is 4.57 Å². The van der Waals surface area contributed by atoms with Crippen molar-refractivity contribution in [2.24, 2.45) is 5.41 Å². The maximum atomic E-state index is 5.61. The zero-order chi connectivity index (χ0) is 23.8. The minimum absolute atomic E-state index is 0.248. The van der Waals surface area contributed by atoms with Gasteiger partial charge in [0.25, 0.3) is 0 Å². The Kier molecular flexibility index (Phi) is 7.05. The van der Waals surface area contributed by atoms with Gasteiger partial charge in [-0.2, -0.15) is 0 Å². The summed E-state index contributed by atoms with van der Waals surface area (Å²) in [6, 6.07) is 9.56. The summed E-state index contributed by atoms with van der Waals surface area (Å²) in [6.45, 7) is 23.2. The third-order valence-corrected chi connectivity index (χ3v) is 7.54. The molecule has 176 valence electrons. The number of aryl methyl sites for hydroxylation is 2. The Bertz CT molecular complexity index is 1120. The van der Waals surface area contributed by atoms with E-state index in [2.05, 4.69) is 95.1 Å². The second-order valence-corrected chi connectivity index (χ2v) is 10.8. The second-order valence-electron chi connectivity index (χ2n) is 10.8. The molecule has 3 aromatic rings. The number of benzene rings is 1. The summed E-state index contributed by atoms with van der Waals surface area (Å²) in [5.74, 6) is 2.75. The zero-order valence-electron chi connectivity index (χ0n) is 21.8. The quantitative estimate of drug-likeness (QED) is 0.394. The first-order chi connectivity index (χ1) is 15.8. The van der Waals surface area contributed by atoms with Crippen LogP contribution in [0.4, 0.5) is 5.69 Å². The van der Waals surface area contributed by atoms with Crippen molar-refractivity contribution >= 4 is 23.5 Å². The van der Waals surface area contributed by atoms with Crippen LogP contribution in [0, 0.1) is 12.3 Å². The SMILES string of the molecule is CCn1c(-c2cc(C)cbc2C(C)C)c(CC(C)(C)CC)c2cc(N3CCOCC3)ccc21. The Balaban J connectivity index is 2.01. The number of hydrogen-bond acceptors (Lipinski definition) is 2. The van der Waals surface area contributed by atoms with Crippen LogP contribution in [0.3, 0.4) is 0 Å². The Labute approximate surface area is 201 Å². The number of morpholine rings is 1. The molecule has 3 heterocycles. The van der Waals surface area contributed by atoms with E-state index in [0.29, 0.717) is 5.92 Å².